The van der Waals surface area contributed by atoms with Crippen molar-refractivity contribution in [3.63, 3.8) is 0 Å². The number of carbonyl (C=O) groups excluding carboxylic acids is 1. The number of hydrogen-bond acceptors (Lipinski definition) is 6. The van der Waals surface area contributed by atoms with Crippen LogP contribution in [0.3, 0.4) is 0 Å². The van der Waals surface area contributed by atoms with Gasteiger partial charge in [0.15, 0.2) is 0 Å². The van der Waals surface area contributed by atoms with Gasteiger partial charge in [0.1, 0.15) is 21.6 Å². The summed E-state index contributed by atoms with van der Waals surface area (Å²) >= 11 is 1.18. The Balaban J connectivity index is 1.98. The van der Waals surface area contributed by atoms with E-state index >= 15 is 0 Å². The lowest BCUT2D eigenvalue weighted by Gasteiger charge is -2.06. The van der Waals surface area contributed by atoms with Crippen LogP contribution < -0.4 is 11.1 Å². The first-order valence-corrected chi connectivity index (χ1v) is 10.2. The number of amides is 1. The van der Waals surface area contributed by atoms with Crippen LogP contribution in [-0.2, 0) is 14.6 Å². The third-order valence-electron chi connectivity index (χ3n) is 3.53. The molecule has 3 aromatic rings. The fourth-order valence-electron chi connectivity index (χ4n) is 2.31. The number of rotatable bonds is 5. The summed E-state index contributed by atoms with van der Waals surface area (Å²) < 4.78 is 25.7. The average molecular weight is 400 g/mol. The Labute approximate surface area is 160 Å². The van der Waals surface area contributed by atoms with Crippen LogP contribution in [0.4, 0.5) is 10.8 Å². The van der Waals surface area contributed by atoms with Crippen molar-refractivity contribution < 1.29 is 13.2 Å². The maximum atomic E-state index is 12.8. The van der Waals surface area contributed by atoms with Gasteiger partial charge in [-0.05, 0) is 35.7 Å². The molecule has 0 saturated carbocycles. The van der Waals surface area contributed by atoms with E-state index in [4.69, 9.17) is 5.73 Å². The summed E-state index contributed by atoms with van der Waals surface area (Å²) in [6.45, 7) is 1.37. The van der Waals surface area contributed by atoms with Crippen LogP contribution >= 0.6 is 11.3 Å². The fraction of sp³-hybridized carbons (Fsp3) is 0.0556. The fourth-order valence-corrected chi connectivity index (χ4v) is 4.83. The van der Waals surface area contributed by atoms with Crippen molar-refractivity contribution in [3.05, 3.63) is 65.7 Å². The van der Waals surface area contributed by atoms with Gasteiger partial charge in [-0.2, -0.15) is 0 Å². The highest BCUT2D eigenvalue weighted by Crippen LogP contribution is 2.34. The van der Waals surface area contributed by atoms with Gasteiger partial charge in [-0.1, -0.05) is 18.2 Å². The lowest BCUT2D eigenvalue weighted by Crippen LogP contribution is -2.14. The van der Waals surface area contributed by atoms with E-state index in [0.717, 1.165) is 0 Å². The summed E-state index contributed by atoms with van der Waals surface area (Å²) in [4.78, 5) is 19.8. The lowest BCUT2D eigenvalue weighted by atomic mass is 10.2. The number of aromatic nitrogens is 1. The van der Waals surface area contributed by atoms with E-state index in [1.807, 2.05) is 0 Å². The van der Waals surface area contributed by atoms with Crippen molar-refractivity contribution in [2.45, 2.75) is 16.7 Å². The molecule has 2 heterocycles. The van der Waals surface area contributed by atoms with Gasteiger partial charge in [-0.25, -0.2) is 18.4 Å². The summed E-state index contributed by atoms with van der Waals surface area (Å²) in [5.41, 5.74) is 6.58. The maximum absolute atomic E-state index is 12.8. The molecule has 0 radical (unpaired) electrons. The van der Waals surface area contributed by atoms with E-state index in [1.165, 1.54) is 42.7 Å². The molecule has 0 spiro atoms. The largest absolute Gasteiger partial charge is 0.383 e. The zero-order valence-corrected chi connectivity index (χ0v) is 15.9. The highest BCUT2D eigenvalue weighted by atomic mass is 32.2. The number of nitrogens with two attached hydrogens (primary N) is 1. The standard InChI is InChI=1S/C18H16N4O3S2/c1-12(23)21-16-11-13(7-9-20-16)17(19)22-18-15(8-10-26-18)27(24,25)14-5-3-2-4-6-14/h2-11H,1H3,(H2,19,22)(H,20,21,23). The lowest BCUT2D eigenvalue weighted by molar-refractivity contribution is -0.114. The van der Waals surface area contributed by atoms with E-state index in [0.29, 0.717) is 11.4 Å². The molecule has 1 amide bonds. The van der Waals surface area contributed by atoms with Gasteiger partial charge in [-0.3, -0.25) is 4.79 Å². The number of pyridine rings is 1. The zero-order chi connectivity index (χ0) is 19.4. The topological polar surface area (TPSA) is 115 Å². The van der Waals surface area contributed by atoms with Crippen LogP contribution in [0.1, 0.15) is 12.5 Å². The van der Waals surface area contributed by atoms with Crippen LogP contribution in [-0.4, -0.2) is 25.1 Å². The van der Waals surface area contributed by atoms with Gasteiger partial charge in [0.05, 0.1) is 4.90 Å². The first-order chi connectivity index (χ1) is 12.9. The second-order valence-corrected chi connectivity index (χ2v) is 8.33. The number of aliphatic imine (C=N–C) groups is 1. The van der Waals surface area contributed by atoms with Gasteiger partial charge in [-0.15, -0.1) is 11.3 Å². The Bertz CT molecular complexity index is 1110. The summed E-state index contributed by atoms with van der Waals surface area (Å²) in [7, 11) is -3.70. The smallest absolute Gasteiger partial charge is 0.222 e. The molecule has 0 atom stereocenters. The number of nitrogens with zero attached hydrogens (tertiary/aromatic N) is 2. The molecule has 27 heavy (non-hydrogen) atoms. The van der Waals surface area contributed by atoms with Crippen LogP contribution in [0, 0.1) is 0 Å². The highest BCUT2D eigenvalue weighted by molar-refractivity contribution is 7.91. The number of hydrogen-bond donors (Lipinski definition) is 2. The van der Waals surface area contributed by atoms with Crippen molar-refractivity contribution in [2.24, 2.45) is 10.7 Å². The molecule has 0 aliphatic heterocycles. The van der Waals surface area contributed by atoms with Crippen LogP contribution in [0.2, 0.25) is 0 Å². The van der Waals surface area contributed by atoms with E-state index < -0.39 is 9.84 Å². The molecule has 3 N–H and O–H groups in total. The van der Waals surface area contributed by atoms with Crippen molar-refractivity contribution >= 4 is 43.7 Å². The van der Waals surface area contributed by atoms with E-state index in [1.54, 1.807) is 35.7 Å². The van der Waals surface area contributed by atoms with E-state index in [2.05, 4.69) is 15.3 Å². The Hall–Kier alpha value is -3.04. The summed E-state index contributed by atoms with van der Waals surface area (Å²) in [5, 5.41) is 4.50. The van der Waals surface area contributed by atoms with E-state index in [9.17, 15) is 13.2 Å². The molecular weight excluding hydrogens is 384 g/mol. The first-order valence-electron chi connectivity index (χ1n) is 7.84. The molecule has 9 heteroatoms. The third-order valence-corrected chi connectivity index (χ3v) is 6.27. The molecule has 2 aromatic heterocycles. The normalized spacial score (nSPS) is 12.0. The second kappa shape index (κ2) is 7.68. The molecule has 7 nitrogen and oxygen atoms in total. The van der Waals surface area contributed by atoms with Crippen LogP contribution in [0.15, 0.2) is 74.9 Å². The van der Waals surface area contributed by atoms with Gasteiger partial charge >= 0.3 is 0 Å². The zero-order valence-electron chi connectivity index (χ0n) is 14.3. The molecule has 0 unspecified atom stereocenters. The molecule has 0 aliphatic carbocycles. The highest BCUT2D eigenvalue weighted by Gasteiger charge is 2.22. The Morgan fingerprint density at radius 2 is 1.93 bits per heavy atom. The number of benzene rings is 1. The Kier molecular flexibility index (Phi) is 5.33. The molecule has 0 aliphatic rings. The Morgan fingerprint density at radius 1 is 1.19 bits per heavy atom. The molecule has 138 valence electrons. The molecule has 3 rings (SSSR count). The third kappa shape index (κ3) is 4.21. The molecular formula is C18H16N4O3S2. The summed E-state index contributed by atoms with van der Waals surface area (Å²) in [5.74, 6) is 0.196. The SMILES string of the molecule is CC(=O)Nc1cc(C(N)=Nc2sccc2S(=O)(=O)c2ccccc2)ccn1. The minimum atomic E-state index is -3.70. The molecule has 1 aromatic carbocycles. The molecule has 0 bridgehead atoms. The van der Waals surface area contributed by atoms with E-state index in [-0.39, 0.29) is 26.5 Å². The van der Waals surface area contributed by atoms with Crippen molar-refractivity contribution in [2.75, 3.05) is 5.32 Å². The monoisotopic (exact) mass is 400 g/mol. The van der Waals surface area contributed by atoms with Crippen LogP contribution in [0.5, 0.6) is 0 Å². The number of carbonyl (C=O) groups is 1. The van der Waals surface area contributed by atoms with Crippen LogP contribution in [0.25, 0.3) is 0 Å². The van der Waals surface area contributed by atoms with Gasteiger partial charge in [0, 0.05) is 18.7 Å². The average Bonchev–Trinajstić information content (AvgIpc) is 3.11. The van der Waals surface area contributed by atoms with Gasteiger partial charge < -0.3 is 11.1 Å². The predicted molar refractivity (Wildman–Crippen MR) is 105 cm³/mol. The quantitative estimate of drug-likeness (QED) is 0.505. The summed E-state index contributed by atoms with van der Waals surface area (Å²) in [6, 6.07) is 12.9. The molecule has 0 saturated heterocycles. The Morgan fingerprint density at radius 3 is 2.63 bits per heavy atom. The van der Waals surface area contributed by atoms with Crippen molar-refractivity contribution in [1.82, 2.24) is 4.98 Å². The van der Waals surface area contributed by atoms with Crippen molar-refractivity contribution in [1.29, 1.82) is 0 Å². The number of anilines is 1. The first kappa shape index (κ1) is 18.7. The number of thiophene rings is 1. The maximum Gasteiger partial charge on any atom is 0.222 e. The van der Waals surface area contributed by atoms with Crippen molar-refractivity contribution in [3.8, 4) is 0 Å². The van der Waals surface area contributed by atoms with Gasteiger partial charge in [0.25, 0.3) is 0 Å². The predicted octanol–water partition coefficient (Wildman–Crippen LogP) is 2.97. The van der Waals surface area contributed by atoms with Gasteiger partial charge in [0.2, 0.25) is 15.7 Å². The second-order valence-electron chi connectivity index (χ2n) is 5.51. The minimum Gasteiger partial charge on any atom is -0.383 e. The number of nitrogens with one attached hydrogen (secondary N) is 1. The molecule has 0 fully saturated rings. The number of amidine groups is 1. The summed E-state index contributed by atoms with van der Waals surface area (Å²) in [6.07, 6.45) is 1.49. The minimum absolute atomic E-state index is 0.0952. The number of sulfone groups is 1.